The van der Waals surface area contributed by atoms with Gasteiger partial charge < -0.3 is 20.1 Å². The molecule has 2 aromatic rings. The number of methoxy groups -OCH3 is 1. The molecule has 0 spiro atoms. The van der Waals surface area contributed by atoms with Gasteiger partial charge in [0.15, 0.2) is 0 Å². The minimum absolute atomic E-state index is 0.102. The molecular weight excluding hydrogens is 413 g/mol. The van der Waals surface area contributed by atoms with Crippen molar-refractivity contribution >= 4 is 29.2 Å². The molecule has 0 aliphatic carbocycles. The van der Waals surface area contributed by atoms with Gasteiger partial charge >= 0.3 is 17.8 Å². The summed E-state index contributed by atoms with van der Waals surface area (Å²) in [5.41, 5.74) is -3.73. The molecule has 2 N–H and O–H groups in total. The van der Waals surface area contributed by atoms with E-state index in [0.717, 1.165) is 0 Å². The first kappa shape index (κ1) is 22.4. The lowest BCUT2D eigenvalue weighted by atomic mass is 10.1. The predicted octanol–water partition coefficient (Wildman–Crippen LogP) is 4.01. The largest absolute Gasteiger partial charge is 0.497 e. The van der Waals surface area contributed by atoms with Crippen LogP contribution in [0.2, 0.25) is 5.02 Å². The molecule has 156 valence electrons. The Morgan fingerprint density at radius 3 is 2.10 bits per heavy atom. The van der Waals surface area contributed by atoms with Crippen molar-refractivity contribution in [1.29, 1.82) is 0 Å². The van der Waals surface area contributed by atoms with Crippen LogP contribution >= 0.6 is 11.6 Å². The lowest BCUT2D eigenvalue weighted by Gasteiger charge is -2.35. The number of nitrogens with one attached hydrogen (secondary N) is 2. The summed E-state index contributed by atoms with van der Waals surface area (Å²) in [4.78, 5) is 24.9. The Labute approximate surface area is 169 Å². The number of carbonyl (C=O) groups excluding carboxylic acids is 2. The molecule has 6 nitrogen and oxygen atoms in total. The first-order chi connectivity index (χ1) is 13.6. The molecule has 0 unspecified atom stereocenters. The molecule has 1 amide bonds. The Bertz CT molecular complexity index is 857. The molecule has 29 heavy (non-hydrogen) atoms. The van der Waals surface area contributed by atoms with Crippen LogP contribution in [0.3, 0.4) is 0 Å². The van der Waals surface area contributed by atoms with Gasteiger partial charge in [-0.2, -0.15) is 13.2 Å². The fourth-order valence-electron chi connectivity index (χ4n) is 2.36. The quantitative estimate of drug-likeness (QED) is 0.512. The number of carbonyl (C=O) groups is 2. The smallest absolute Gasteiger partial charge is 0.441 e. The zero-order valence-corrected chi connectivity index (χ0v) is 16.2. The topological polar surface area (TPSA) is 76.7 Å². The summed E-state index contributed by atoms with van der Waals surface area (Å²) in [6.07, 6.45) is -5.24. The van der Waals surface area contributed by atoms with Crippen LogP contribution in [-0.2, 0) is 9.53 Å². The second kappa shape index (κ2) is 9.04. The third-order valence-electron chi connectivity index (χ3n) is 3.84. The summed E-state index contributed by atoms with van der Waals surface area (Å²) >= 11 is 5.75. The number of hydrogen-bond acceptors (Lipinski definition) is 5. The number of alkyl halides is 3. The van der Waals surface area contributed by atoms with Crippen LogP contribution in [0.15, 0.2) is 48.5 Å². The molecule has 0 bridgehead atoms. The molecular formula is C19H18ClF3N2O4. The highest BCUT2D eigenvalue weighted by atomic mass is 35.5. The summed E-state index contributed by atoms with van der Waals surface area (Å²) in [7, 11) is 1.40. The molecule has 0 aliphatic heterocycles. The van der Waals surface area contributed by atoms with Gasteiger partial charge in [0.1, 0.15) is 5.75 Å². The van der Waals surface area contributed by atoms with Crippen molar-refractivity contribution in [1.82, 2.24) is 5.32 Å². The molecule has 0 aromatic heterocycles. The highest BCUT2D eigenvalue weighted by molar-refractivity contribution is 6.30. The van der Waals surface area contributed by atoms with Crippen LogP contribution in [0.4, 0.5) is 18.9 Å². The standard InChI is InChI=1S/C19H18ClF3N2O4/c1-3-29-17(27)18(19(21,22)23,24-14-8-6-13(20)7-9-14)25-16(26)12-4-10-15(28-2)11-5-12/h4-11,24H,3H2,1-2H3,(H,25,26)/t18-/m1/s1. The van der Waals surface area contributed by atoms with E-state index in [2.05, 4.69) is 10.1 Å². The molecule has 0 saturated carbocycles. The molecule has 0 saturated heterocycles. The minimum Gasteiger partial charge on any atom is -0.497 e. The average molecular weight is 431 g/mol. The maximum atomic E-state index is 14.1. The van der Waals surface area contributed by atoms with E-state index in [1.807, 2.05) is 0 Å². The molecule has 1 atom stereocenters. The van der Waals surface area contributed by atoms with E-state index in [-0.39, 0.29) is 22.9 Å². The third-order valence-corrected chi connectivity index (χ3v) is 4.09. The van der Waals surface area contributed by atoms with Crippen LogP contribution in [0, 0.1) is 0 Å². The summed E-state index contributed by atoms with van der Waals surface area (Å²) < 4.78 is 51.8. The number of amides is 1. The zero-order chi connectivity index (χ0) is 21.7. The fourth-order valence-corrected chi connectivity index (χ4v) is 2.49. The molecule has 0 heterocycles. The zero-order valence-electron chi connectivity index (χ0n) is 15.5. The van der Waals surface area contributed by atoms with E-state index < -0.39 is 23.7 Å². The molecule has 10 heteroatoms. The number of esters is 1. The van der Waals surface area contributed by atoms with Crippen molar-refractivity contribution in [2.45, 2.75) is 18.8 Å². The van der Waals surface area contributed by atoms with Gasteiger partial charge in [-0.3, -0.25) is 4.79 Å². The summed E-state index contributed by atoms with van der Waals surface area (Å²) in [5, 5.41) is 4.09. The number of anilines is 1. The number of hydrogen-bond donors (Lipinski definition) is 2. The van der Waals surface area contributed by atoms with Gasteiger partial charge in [0, 0.05) is 16.3 Å². The average Bonchev–Trinajstić information content (AvgIpc) is 2.68. The van der Waals surface area contributed by atoms with Gasteiger partial charge in [-0.25, -0.2) is 4.79 Å². The summed E-state index contributed by atoms with van der Waals surface area (Å²) in [6, 6.07) is 10.5. The lowest BCUT2D eigenvalue weighted by Crippen LogP contribution is -2.69. The first-order valence-corrected chi connectivity index (χ1v) is 8.75. The minimum atomic E-state index is -5.24. The van der Waals surface area contributed by atoms with Gasteiger partial charge in [-0.05, 0) is 55.5 Å². The van der Waals surface area contributed by atoms with Crippen LogP contribution in [0.25, 0.3) is 0 Å². The third kappa shape index (κ3) is 5.11. The van der Waals surface area contributed by atoms with Crippen LogP contribution in [0.1, 0.15) is 17.3 Å². The first-order valence-electron chi connectivity index (χ1n) is 8.37. The van der Waals surface area contributed by atoms with Crippen LogP contribution in [0.5, 0.6) is 5.75 Å². The van der Waals surface area contributed by atoms with Crippen molar-refractivity contribution in [3.63, 3.8) is 0 Å². The number of benzene rings is 2. The number of ether oxygens (including phenoxy) is 2. The number of rotatable bonds is 7. The Kier molecular flexibility index (Phi) is 6.97. The van der Waals surface area contributed by atoms with Crippen molar-refractivity contribution in [3.8, 4) is 5.75 Å². The monoisotopic (exact) mass is 430 g/mol. The van der Waals surface area contributed by atoms with E-state index in [1.54, 1.807) is 5.32 Å². The van der Waals surface area contributed by atoms with Gasteiger partial charge in [0.25, 0.3) is 5.91 Å². The molecule has 2 aromatic carbocycles. The normalized spacial score (nSPS) is 13.2. The van der Waals surface area contributed by atoms with E-state index in [1.165, 1.54) is 62.6 Å². The Morgan fingerprint density at radius 1 is 1.03 bits per heavy atom. The predicted molar refractivity (Wildman–Crippen MR) is 101 cm³/mol. The van der Waals surface area contributed by atoms with Gasteiger partial charge in [0.2, 0.25) is 0 Å². The Hall–Kier alpha value is -2.94. The Morgan fingerprint density at radius 2 is 1.62 bits per heavy atom. The van der Waals surface area contributed by atoms with Crippen molar-refractivity contribution in [3.05, 3.63) is 59.1 Å². The van der Waals surface area contributed by atoms with E-state index in [9.17, 15) is 22.8 Å². The lowest BCUT2D eigenvalue weighted by molar-refractivity contribution is -0.204. The van der Waals surface area contributed by atoms with E-state index in [0.29, 0.717) is 5.75 Å². The SMILES string of the molecule is CCOC(=O)[C@](NC(=O)c1ccc(OC)cc1)(Nc1ccc(Cl)cc1)C(F)(F)F. The highest BCUT2D eigenvalue weighted by Gasteiger charge is 2.63. The molecule has 0 fully saturated rings. The summed E-state index contributed by atoms with van der Waals surface area (Å²) in [6.45, 7) is 1.03. The summed E-state index contributed by atoms with van der Waals surface area (Å²) in [5.74, 6) is -2.43. The Balaban J connectivity index is 2.46. The van der Waals surface area contributed by atoms with Gasteiger partial charge in [-0.15, -0.1) is 0 Å². The van der Waals surface area contributed by atoms with E-state index >= 15 is 0 Å². The second-order valence-corrected chi connectivity index (χ2v) is 6.22. The van der Waals surface area contributed by atoms with Crippen LogP contribution in [-0.4, -0.2) is 37.4 Å². The van der Waals surface area contributed by atoms with Crippen molar-refractivity contribution < 1.29 is 32.2 Å². The maximum Gasteiger partial charge on any atom is 0.441 e. The fraction of sp³-hybridized carbons (Fsp3) is 0.263. The molecule has 0 aliphatic rings. The van der Waals surface area contributed by atoms with E-state index in [4.69, 9.17) is 16.3 Å². The second-order valence-electron chi connectivity index (χ2n) is 5.78. The van der Waals surface area contributed by atoms with Crippen molar-refractivity contribution in [2.75, 3.05) is 19.0 Å². The maximum absolute atomic E-state index is 14.1. The molecule has 0 radical (unpaired) electrons. The highest BCUT2D eigenvalue weighted by Crippen LogP contribution is 2.34. The van der Waals surface area contributed by atoms with Crippen LogP contribution < -0.4 is 15.4 Å². The molecule has 2 rings (SSSR count). The van der Waals surface area contributed by atoms with Crippen molar-refractivity contribution in [2.24, 2.45) is 0 Å². The number of halogens is 4. The van der Waals surface area contributed by atoms with Gasteiger partial charge in [-0.1, -0.05) is 11.6 Å². The van der Waals surface area contributed by atoms with Gasteiger partial charge in [0.05, 0.1) is 13.7 Å².